The highest BCUT2D eigenvalue weighted by Crippen LogP contribution is 2.17. The van der Waals surface area contributed by atoms with Gasteiger partial charge in [-0.3, -0.25) is 0 Å². The van der Waals surface area contributed by atoms with E-state index >= 15 is 0 Å². The fourth-order valence-electron chi connectivity index (χ4n) is 4.24. The van der Waals surface area contributed by atoms with Crippen LogP contribution in [0.3, 0.4) is 0 Å². The van der Waals surface area contributed by atoms with E-state index in [9.17, 15) is 14.4 Å². The van der Waals surface area contributed by atoms with Gasteiger partial charge < -0.3 is 42.6 Å². The lowest BCUT2D eigenvalue weighted by Gasteiger charge is -2.22. The molecule has 0 radical (unpaired) electrons. The minimum absolute atomic E-state index is 0.180. The van der Waals surface area contributed by atoms with E-state index in [0.717, 1.165) is 16.7 Å². The van der Waals surface area contributed by atoms with Crippen LogP contribution in [-0.4, -0.2) is 100 Å². The summed E-state index contributed by atoms with van der Waals surface area (Å²) in [5, 5.41) is 0. The summed E-state index contributed by atoms with van der Waals surface area (Å²) in [7, 11) is 9.73. The Kier molecular flexibility index (Phi) is 24.2. The molecule has 0 aliphatic heterocycles. The molecule has 0 saturated heterocycles. The minimum Gasteiger partial charge on any atom is -0.462 e. The van der Waals surface area contributed by atoms with Gasteiger partial charge in [-0.05, 0) is 53.1 Å². The van der Waals surface area contributed by atoms with Crippen LogP contribution in [-0.2, 0) is 62.5 Å². The van der Waals surface area contributed by atoms with E-state index in [4.69, 9.17) is 42.6 Å². The summed E-state index contributed by atoms with van der Waals surface area (Å²) in [5.41, 5.74) is 4.55. The molecule has 0 bridgehead atoms. The molecule has 0 spiro atoms. The summed E-state index contributed by atoms with van der Waals surface area (Å²) < 4.78 is 45.1. The van der Waals surface area contributed by atoms with E-state index in [2.05, 4.69) is 0 Å². The number of carbonyl (C=O) groups is 3. The molecular formula is C40H56O12. The zero-order valence-electron chi connectivity index (χ0n) is 31.9. The molecule has 0 aliphatic rings. The van der Waals surface area contributed by atoms with Gasteiger partial charge in [0.05, 0.1) is 62.9 Å². The Balaban J connectivity index is 0.000000392. The molecule has 0 N–H and O–H groups in total. The first kappa shape index (κ1) is 45.9. The van der Waals surface area contributed by atoms with Crippen molar-refractivity contribution in [2.24, 2.45) is 5.41 Å². The van der Waals surface area contributed by atoms with Crippen LogP contribution in [0.4, 0.5) is 0 Å². The number of hydrogen-bond donors (Lipinski definition) is 0. The van der Waals surface area contributed by atoms with Crippen molar-refractivity contribution in [2.75, 3.05) is 82.3 Å². The van der Waals surface area contributed by atoms with E-state index in [-0.39, 0.29) is 29.9 Å². The molecule has 0 aromatic heterocycles. The first-order chi connectivity index (χ1) is 25.0. The van der Waals surface area contributed by atoms with Crippen molar-refractivity contribution >= 4 is 17.9 Å². The number of esters is 3. The zero-order valence-corrected chi connectivity index (χ0v) is 31.9. The second kappa shape index (κ2) is 27.5. The van der Waals surface area contributed by atoms with Gasteiger partial charge in [-0.1, -0.05) is 50.2 Å². The van der Waals surface area contributed by atoms with Gasteiger partial charge >= 0.3 is 17.9 Å². The van der Waals surface area contributed by atoms with E-state index in [1.807, 2.05) is 50.2 Å². The summed E-state index contributed by atoms with van der Waals surface area (Å²) in [6, 6.07) is 21.6. The summed E-state index contributed by atoms with van der Waals surface area (Å²) in [6.07, 6.45) is 0.712. The van der Waals surface area contributed by atoms with Crippen molar-refractivity contribution < 1.29 is 57.0 Å². The van der Waals surface area contributed by atoms with Crippen LogP contribution in [0.2, 0.25) is 0 Å². The maximum atomic E-state index is 11.9. The van der Waals surface area contributed by atoms with Gasteiger partial charge in [0.15, 0.2) is 0 Å². The zero-order chi connectivity index (χ0) is 38.6. The minimum atomic E-state index is -0.332. The first-order valence-electron chi connectivity index (χ1n) is 16.8. The van der Waals surface area contributed by atoms with Crippen molar-refractivity contribution in [3.63, 3.8) is 0 Å². The normalized spacial score (nSPS) is 10.6. The van der Waals surface area contributed by atoms with Gasteiger partial charge in [-0.2, -0.15) is 0 Å². The molecule has 3 rings (SSSR count). The monoisotopic (exact) mass is 728 g/mol. The molecule has 3 aromatic rings. The maximum absolute atomic E-state index is 11.9. The molecule has 0 amide bonds. The Bertz CT molecular complexity index is 1390. The molecule has 0 unspecified atom stereocenters. The van der Waals surface area contributed by atoms with Crippen LogP contribution in [0.15, 0.2) is 72.8 Å². The Morgan fingerprint density at radius 1 is 0.423 bits per heavy atom. The quantitative estimate of drug-likeness (QED) is 0.0732. The number of methoxy groups -OCH3 is 6. The average molecular weight is 729 g/mol. The molecule has 3 aromatic carbocycles. The summed E-state index contributed by atoms with van der Waals surface area (Å²) in [6.45, 7) is 8.15. The van der Waals surface area contributed by atoms with Crippen molar-refractivity contribution in [2.45, 2.75) is 40.1 Å². The molecule has 0 heterocycles. The largest absolute Gasteiger partial charge is 0.462 e. The van der Waals surface area contributed by atoms with Gasteiger partial charge in [-0.25, -0.2) is 14.4 Å². The van der Waals surface area contributed by atoms with E-state index in [0.29, 0.717) is 76.0 Å². The first-order valence-corrected chi connectivity index (χ1v) is 16.8. The lowest BCUT2D eigenvalue weighted by atomic mass is 9.96. The van der Waals surface area contributed by atoms with Gasteiger partial charge in [0.25, 0.3) is 0 Å². The van der Waals surface area contributed by atoms with E-state index in [1.54, 1.807) is 79.1 Å². The van der Waals surface area contributed by atoms with Gasteiger partial charge in [-0.15, -0.1) is 0 Å². The van der Waals surface area contributed by atoms with Crippen molar-refractivity contribution in [1.29, 1.82) is 0 Å². The Hall–Kier alpha value is -4.17. The lowest BCUT2D eigenvalue weighted by Crippen LogP contribution is -2.26. The smallest absolute Gasteiger partial charge is 0.338 e. The molecular weight excluding hydrogens is 672 g/mol. The third-order valence-electron chi connectivity index (χ3n) is 6.88. The number of ether oxygens (including phenoxy) is 9. The number of hydrogen-bond acceptors (Lipinski definition) is 12. The fourth-order valence-corrected chi connectivity index (χ4v) is 4.24. The number of benzene rings is 3. The SMILES string of the molecule is COCCCOC(=O)c1ccc(COC)cc1.COCCOC(=O)c1ccc(COC)cc1.COCc1ccc(C(=O)OCC(C)(C)COC)cc1. The van der Waals surface area contributed by atoms with Gasteiger partial charge in [0.1, 0.15) is 6.61 Å². The maximum Gasteiger partial charge on any atom is 0.338 e. The third kappa shape index (κ3) is 20.0. The highest BCUT2D eigenvalue weighted by molar-refractivity contribution is 5.90. The molecule has 288 valence electrons. The standard InChI is InChI=1S/C15H22O4.C13H18O4.C12H16O4/c1-15(2,10-18-4)11-19-14(16)13-7-5-12(6-8-13)9-17-3;1-15-8-3-9-17-13(14)12-6-4-11(5-7-12)10-16-2;1-14-7-8-16-12(13)11-5-3-10(4-6-11)9-15-2/h5-8H,9-11H2,1-4H3;4-7H,3,8-10H2,1-2H3;3-6H,7-9H2,1-2H3. The Labute approximate surface area is 308 Å². The van der Waals surface area contributed by atoms with Crippen LogP contribution >= 0.6 is 0 Å². The summed E-state index contributed by atoms with van der Waals surface area (Å²) in [5.74, 6) is -0.945. The van der Waals surface area contributed by atoms with Gasteiger partial charge in [0.2, 0.25) is 0 Å². The van der Waals surface area contributed by atoms with Crippen molar-refractivity contribution in [3.8, 4) is 0 Å². The van der Waals surface area contributed by atoms with Crippen molar-refractivity contribution in [3.05, 3.63) is 106 Å². The fraction of sp³-hybridized carbons (Fsp3) is 0.475. The number of carbonyl (C=O) groups excluding carboxylic acids is 3. The third-order valence-corrected chi connectivity index (χ3v) is 6.88. The highest BCUT2D eigenvalue weighted by Gasteiger charge is 2.20. The van der Waals surface area contributed by atoms with Crippen LogP contribution < -0.4 is 0 Å². The average Bonchev–Trinajstić information content (AvgIpc) is 3.14. The van der Waals surface area contributed by atoms with Gasteiger partial charge in [0, 0.05) is 61.1 Å². The second-order valence-electron chi connectivity index (χ2n) is 12.2. The van der Waals surface area contributed by atoms with Crippen molar-refractivity contribution in [1.82, 2.24) is 0 Å². The Morgan fingerprint density at radius 2 is 0.788 bits per heavy atom. The molecule has 0 saturated carbocycles. The van der Waals surface area contributed by atoms with E-state index < -0.39 is 0 Å². The van der Waals surface area contributed by atoms with Crippen LogP contribution in [0, 0.1) is 5.41 Å². The predicted molar refractivity (Wildman–Crippen MR) is 196 cm³/mol. The lowest BCUT2D eigenvalue weighted by molar-refractivity contribution is 0.0135. The van der Waals surface area contributed by atoms with Crippen LogP contribution in [0.1, 0.15) is 68.0 Å². The molecule has 12 heteroatoms. The molecule has 0 aliphatic carbocycles. The summed E-state index contributed by atoms with van der Waals surface area (Å²) in [4.78, 5) is 34.9. The highest BCUT2D eigenvalue weighted by atomic mass is 16.6. The van der Waals surface area contributed by atoms with Crippen LogP contribution in [0.25, 0.3) is 0 Å². The summed E-state index contributed by atoms with van der Waals surface area (Å²) >= 11 is 0. The number of rotatable bonds is 20. The Morgan fingerprint density at radius 3 is 1.13 bits per heavy atom. The molecule has 0 atom stereocenters. The van der Waals surface area contributed by atoms with E-state index in [1.165, 1.54) is 0 Å². The topological polar surface area (TPSA) is 134 Å². The molecule has 12 nitrogen and oxygen atoms in total. The van der Waals surface area contributed by atoms with Crippen LogP contribution in [0.5, 0.6) is 0 Å². The predicted octanol–water partition coefficient (Wildman–Crippen LogP) is 6.32. The molecule has 0 fully saturated rings. The molecule has 52 heavy (non-hydrogen) atoms. The second-order valence-corrected chi connectivity index (χ2v) is 12.2.